The standard InChI is InChI=1S/C19H18N2O5/c1-12(22)21-16(9-13-10-20-15-6-3-2-5-14(13)15)19(24)26-11-17(23)18-7-4-8-25-18/h2-8,10,16,20H,9,11H2,1H3,(H,21,22). The minimum Gasteiger partial charge on any atom is -0.461 e. The van der Waals surface area contributed by atoms with Crippen LogP contribution >= 0.6 is 0 Å². The Morgan fingerprint density at radius 1 is 1.19 bits per heavy atom. The number of aromatic amines is 1. The maximum atomic E-state index is 12.4. The Kier molecular flexibility index (Phi) is 5.17. The first-order valence-electron chi connectivity index (χ1n) is 8.10. The molecule has 0 radical (unpaired) electrons. The number of amides is 1. The van der Waals surface area contributed by atoms with E-state index >= 15 is 0 Å². The number of nitrogens with one attached hydrogen (secondary N) is 2. The van der Waals surface area contributed by atoms with E-state index in [4.69, 9.17) is 9.15 Å². The number of esters is 1. The van der Waals surface area contributed by atoms with Crippen LogP contribution in [0.25, 0.3) is 10.9 Å². The van der Waals surface area contributed by atoms with E-state index in [0.717, 1.165) is 16.5 Å². The van der Waals surface area contributed by atoms with E-state index in [9.17, 15) is 14.4 Å². The molecule has 0 bridgehead atoms. The Morgan fingerprint density at radius 2 is 2.00 bits per heavy atom. The normalized spacial score (nSPS) is 11.9. The summed E-state index contributed by atoms with van der Waals surface area (Å²) in [6, 6.07) is 9.83. The van der Waals surface area contributed by atoms with Crippen molar-refractivity contribution < 1.29 is 23.5 Å². The smallest absolute Gasteiger partial charge is 0.329 e. The van der Waals surface area contributed by atoms with Gasteiger partial charge in [0, 0.05) is 30.4 Å². The molecule has 1 aromatic carbocycles. The van der Waals surface area contributed by atoms with Crippen LogP contribution in [0.5, 0.6) is 0 Å². The van der Waals surface area contributed by atoms with Gasteiger partial charge in [0.25, 0.3) is 0 Å². The second-order valence-corrected chi connectivity index (χ2v) is 5.82. The quantitative estimate of drug-likeness (QED) is 0.500. The lowest BCUT2D eigenvalue weighted by Gasteiger charge is -2.16. The van der Waals surface area contributed by atoms with Gasteiger partial charge in [-0.1, -0.05) is 18.2 Å². The molecular formula is C19H18N2O5. The summed E-state index contributed by atoms with van der Waals surface area (Å²) >= 11 is 0. The average molecular weight is 354 g/mol. The average Bonchev–Trinajstić information content (AvgIpc) is 3.29. The number of carbonyl (C=O) groups is 3. The highest BCUT2D eigenvalue weighted by Crippen LogP contribution is 2.19. The number of carbonyl (C=O) groups excluding carboxylic acids is 3. The summed E-state index contributed by atoms with van der Waals surface area (Å²) in [5.41, 5.74) is 1.80. The number of benzene rings is 1. The van der Waals surface area contributed by atoms with Crippen molar-refractivity contribution in [2.24, 2.45) is 0 Å². The van der Waals surface area contributed by atoms with Crippen LogP contribution < -0.4 is 5.32 Å². The van der Waals surface area contributed by atoms with Crippen LogP contribution in [-0.2, 0) is 20.7 Å². The lowest BCUT2D eigenvalue weighted by Crippen LogP contribution is -2.42. The third-order valence-corrected chi connectivity index (χ3v) is 3.90. The van der Waals surface area contributed by atoms with Crippen LogP contribution in [0, 0.1) is 0 Å². The molecule has 1 unspecified atom stereocenters. The molecule has 7 nitrogen and oxygen atoms in total. The van der Waals surface area contributed by atoms with Gasteiger partial charge in [-0.3, -0.25) is 9.59 Å². The lowest BCUT2D eigenvalue weighted by atomic mass is 10.0. The van der Waals surface area contributed by atoms with E-state index in [2.05, 4.69) is 10.3 Å². The Balaban J connectivity index is 1.69. The lowest BCUT2D eigenvalue weighted by molar-refractivity contribution is -0.146. The van der Waals surface area contributed by atoms with Gasteiger partial charge in [-0.15, -0.1) is 0 Å². The molecule has 26 heavy (non-hydrogen) atoms. The predicted octanol–water partition coefficient (Wildman–Crippen LogP) is 2.23. The molecule has 2 heterocycles. The molecule has 2 aromatic heterocycles. The fraction of sp³-hybridized carbons (Fsp3) is 0.211. The van der Waals surface area contributed by atoms with Crippen molar-refractivity contribution in [3.8, 4) is 0 Å². The van der Waals surface area contributed by atoms with E-state index < -0.39 is 24.4 Å². The van der Waals surface area contributed by atoms with Crippen molar-refractivity contribution in [3.05, 3.63) is 60.2 Å². The van der Waals surface area contributed by atoms with Gasteiger partial charge in [-0.25, -0.2) is 4.79 Å². The summed E-state index contributed by atoms with van der Waals surface area (Å²) in [6.07, 6.45) is 3.41. The van der Waals surface area contributed by atoms with Crippen molar-refractivity contribution >= 4 is 28.6 Å². The van der Waals surface area contributed by atoms with Gasteiger partial charge in [-0.05, 0) is 23.8 Å². The van der Waals surface area contributed by atoms with E-state index in [1.807, 2.05) is 24.3 Å². The van der Waals surface area contributed by atoms with Crippen LogP contribution in [0.1, 0.15) is 23.0 Å². The first-order valence-corrected chi connectivity index (χ1v) is 8.10. The van der Waals surface area contributed by atoms with Gasteiger partial charge >= 0.3 is 5.97 Å². The molecule has 2 N–H and O–H groups in total. The molecule has 7 heteroatoms. The van der Waals surface area contributed by atoms with E-state index in [-0.39, 0.29) is 18.1 Å². The highest BCUT2D eigenvalue weighted by molar-refractivity contribution is 5.96. The highest BCUT2D eigenvalue weighted by Gasteiger charge is 2.24. The number of para-hydroxylation sites is 1. The van der Waals surface area contributed by atoms with Gasteiger partial charge in [0.15, 0.2) is 12.4 Å². The molecule has 1 atom stereocenters. The number of rotatable bonds is 7. The topological polar surface area (TPSA) is 101 Å². The number of aromatic nitrogens is 1. The molecule has 0 aliphatic carbocycles. The fourth-order valence-corrected chi connectivity index (χ4v) is 2.70. The summed E-state index contributed by atoms with van der Waals surface area (Å²) in [5, 5.41) is 3.54. The van der Waals surface area contributed by atoms with E-state index in [1.165, 1.54) is 19.3 Å². The number of hydrogen-bond acceptors (Lipinski definition) is 5. The number of furan rings is 1. The van der Waals surface area contributed by atoms with Crippen molar-refractivity contribution in [2.75, 3.05) is 6.61 Å². The number of Topliss-reactive ketones (excluding diaryl/α,β-unsaturated/α-hetero) is 1. The van der Waals surface area contributed by atoms with Crippen LogP contribution in [0.15, 0.2) is 53.3 Å². The zero-order chi connectivity index (χ0) is 18.5. The molecule has 0 aliphatic heterocycles. The third kappa shape index (κ3) is 4.00. The van der Waals surface area contributed by atoms with Crippen molar-refractivity contribution in [3.63, 3.8) is 0 Å². The minimum absolute atomic E-state index is 0.116. The zero-order valence-corrected chi connectivity index (χ0v) is 14.2. The number of ether oxygens (including phenoxy) is 1. The molecule has 0 aliphatic rings. The van der Waals surface area contributed by atoms with Crippen LogP contribution in [-0.4, -0.2) is 35.3 Å². The Labute approximate surface area is 149 Å². The maximum absolute atomic E-state index is 12.4. The Bertz CT molecular complexity index is 926. The van der Waals surface area contributed by atoms with Gasteiger partial charge in [-0.2, -0.15) is 0 Å². The largest absolute Gasteiger partial charge is 0.461 e. The van der Waals surface area contributed by atoms with Gasteiger partial charge in [0.1, 0.15) is 6.04 Å². The number of H-pyrrole nitrogens is 1. The first-order chi connectivity index (χ1) is 12.5. The van der Waals surface area contributed by atoms with Gasteiger partial charge in [0.05, 0.1) is 6.26 Å². The first kappa shape index (κ1) is 17.5. The molecule has 0 fully saturated rings. The summed E-state index contributed by atoms with van der Waals surface area (Å²) < 4.78 is 10.0. The summed E-state index contributed by atoms with van der Waals surface area (Å²) in [5.74, 6) is -1.36. The molecule has 0 saturated carbocycles. The van der Waals surface area contributed by atoms with Gasteiger partial charge < -0.3 is 19.5 Å². The number of fused-ring (bicyclic) bond motifs is 1. The number of ketones is 1. The molecule has 3 aromatic rings. The van der Waals surface area contributed by atoms with Crippen LogP contribution in [0.3, 0.4) is 0 Å². The monoisotopic (exact) mass is 354 g/mol. The second kappa shape index (κ2) is 7.69. The van der Waals surface area contributed by atoms with E-state index in [0.29, 0.717) is 0 Å². The van der Waals surface area contributed by atoms with Crippen LogP contribution in [0.2, 0.25) is 0 Å². The minimum atomic E-state index is -0.892. The summed E-state index contributed by atoms with van der Waals surface area (Å²) in [7, 11) is 0. The highest BCUT2D eigenvalue weighted by atomic mass is 16.5. The Hall–Kier alpha value is -3.35. The SMILES string of the molecule is CC(=O)NC(Cc1c[nH]c2ccccc12)C(=O)OCC(=O)c1ccco1. The number of hydrogen-bond donors (Lipinski definition) is 2. The van der Waals surface area contributed by atoms with Crippen molar-refractivity contribution in [1.29, 1.82) is 0 Å². The molecule has 134 valence electrons. The predicted molar refractivity (Wildman–Crippen MR) is 93.6 cm³/mol. The fourth-order valence-electron chi connectivity index (χ4n) is 2.70. The molecular weight excluding hydrogens is 336 g/mol. The summed E-state index contributed by atoms with van der Waals surface area (Å²) in [4.78, 5) is 38.9. The van der Waals surface area contributed by atoms with Crippen LogP contribution in [0.4, 0.5) is 0 Å². The molecule has 0 saturated heterocycles. The van der Waals surface area contributed by atoms with Crippen molar-refractivity contribution in [2.45, 2.75) is 19.4 Å². The maximum Gasteiger partial charge on any atom is 0.329 e. The second-order valence-electron chi connectivity index (χ2n) is 5.82. The molecule has 0 spiro atoms. The summed E-state index contributed by atoms with van der Waals surface area (Å²) in [6.45, 7) is 0.875. The van der Waals surface area contributed by atoms with E-state index in [1.54, 1.807) is 12.3 Å². The third-order valence-electron chi connectivity index (χ3n) is 3.90. The van der Waals surface area contributed by atoms with Gasteiger partial charge in [0.2, 0.25) is 11.7 Å². The molecule has 1 amide bonds. The van der Waals surface area contributed by atoms with Crippen molar-refractivity contribution in [1.82, 2.24) is 10.3 Å². The molecule has 3 rings (SSSR count). The zero-order valence-electron chi connectivity index (χ0n) is 14.2. The Morgan fingerprint density at radius 3 is 2.73 bits per heavy atom.